The Kier molecular flexibility index (Phi) is 5.48. The maximum atomic E-state index is 14.0. The Hall–Kier alpha value is -4.21. The minimum Gasteiger partial charge on any atom is -0.496 e. The first-order valence-corrected chi connectivity index (χ1v) is 10.8. The number of ether oxygens (including phenoxy) is 1. The molecule has 0 atom stereocenters. The molecule has 0 spiro atoms. The van der Waals surface area contributed by atoms with Gasteiger partial charge in [0.2, 0.25) is 5.91 Å². The maximum absolute atomic E-state index is 14.0. The van der Waals surface area contributed by atoms with Crippen LogP contribution in [0, 0.1) is 5.82 Å². The number of imide groups is 1. The zero-order valence-corrected chi connectivity index (χ0v) is 18.4. The number of benzene rings is 1. The number of aromatic amines is 1. The van der Waals surface area contributed by atoms with E-state index in [1.165, 1.54) is 12.1 Å². The van der Waals surface area contributed by atoms with Crippen molar-refractivity contribution in [2.24, 2.45) is 0 Å². The minimum atomic E-state index is -0.539. The van der Waals surface area contributed by atoms with Gasteiger partial charge in [-0.1, -0.05) is 6.08 Å². The molecule has 2 aliphatic heterocycles. The van der Waals surface area contributed by atoms with E-state index >= 15 is 0 Å². The first kappa shape index (κ1) is 21.6. The summed E-state index contributed by atoms with van der Waals surface area (Å²) in [6.45, 7) is 0.490. The van der Waals surface area contributed by atoms with Crippen molar-refractivity contribution < 1.29 is 23.5 Å². The standard InChI is InChI=1S/C24H22FN5O4/c1-34-20-3-2-15(25)10-17(20)16-4-7-26-23-18(16)11-19(28-23)14-5-8-29(9-6-14)22(32)13-30-21(31)12-27-24(30)33/h2-5,7,10-11H,6,8-9,12-13H2,1H3,(H,26,28)(H,27,33). The molecule has 4 amide bonds. The van der Waals surface area contributed by atoms with Gasteiger partial charge in [-0.3, -0.25) is 14.5 Å². The molecule has 1 saturated heterocycles. The third-order valence-corrected chi connectivity index (χ3v) is 6.12. The largest absolute Gasteiger partial charge is 0.496 e. The second-order valence-electron chi connectivity index (χ2n) is 8.11. The molecular formula is C24H22FN5O4. The van der Waals surface area contributed by atoms with Crippen LogP contribution in [0.3, 0.4) is 0 Å². The molecule has 174 valence electrons. The highest BCUT2D eigenvalue weighted by Crippen LogP contribution is 2.36. The van der Waals surface area contributed by atoms with Gasteiger partial charge in [-0.15, -0.1) is 0 Å². The zero-order valence-electron chi connectivity index (χ0n) is 18.4. The molecule has 1 fully saturated rings. The van der Waals surface area contributed by atoms with Gasteiger partial charge >= 0.3 is 6.03 Å². The molecule has 34 heavy (non-hydrogen) atoms. The molecule has 1 aromatic carbocycles. The molecule has 2 aromatic heterocycles. The highest BCUT2D eigenvalue weighted by molar-refractivity contribution is 6.04. The number of methoxy groups -OCH3 is 1. The Morgan fingerprint density at radius 3 is 2.76 bits per heavy atom. The molecule has 0 bridgehead atoms. The summed E-state index contributed by atoms with van der Waals surface area (Å²) in [6.07, 6.45) is 4.20. The van der Waals surface area contributed by atoms with Crippen molar-refractivity contribution in [1.29, 1.82) is 0 Å². The van der Waals surface area contributed by atoms with E-state index in [9.17, 15) is 18.8 Å². The number of aromatic nitrogens is 2. The summed E-state index contributed by atoms with van der Waals surface area (Å²) in [4.78, 5) is 46.3. The van der Waals surface area contributed by atoms with Crippen LogP contribution in [0.4, 0.5) is 9.18 Å². The van der Waals surface area contributed by atoms with Gasteiger partial charge in [0.25, 0.3) is 5.91 Å². The van der Waals surface area contributed by atoms with Gasteiger partial charge in [-0.05, 0) is 47.9 Å². The third kappa shape index (κ3) is 3.87. The summed E-state index contributed by atoms with van der Waals surface area (Å²) < 4.78 is 19.4. The summed E-state index contributed by atoms with van der Waals surface area (Å²) in [5.41, 5.74) is 3.98. The molecule has 0 saturated carbocycles. The number of rotatable bonds is 5. The van der Waals surface area contributed by atoms with Crippen LogP contribution >= 0.6 is 0 Å². The fourth-order valence-corrected chi connectivity index (χ4v) is 4.32. The predicted molar refractivity (Wildman–Crippen MR) is 122 cm³/mol. The molecule has 0 radical (unpaired) electrons. The van der Waals surface area contributed by atoms with Crippen molar-refractivity contribution in [3.8, 4) is 16.9 Å². The van der Waals surface area contributed by atoms with Gasteiger partial charge < -0.3 is 19.9 Å². The van der Waals surface area contributed by atoms with Crippen molar-refractivity contribution in [1.82, 2.24) is 25.1 Å². The predicted octanol–water partition coefficient (Wildman–Crippen LogP) is 2.55. The molecule has 0 aliphatic carbocycles. The Balaban J connectivity index is 1.38. The van der Waals surface area contributed by atoms with Gasteiger partial charge in [0.15, 0.2) is 0 Å². The van der Waals surface area contributed by atoms with Crippen molar-refractivity contribution in [2.75, 3.05) is 33.3 Å². The molecule has 2 aliphatic rings. The van der Waals surface area contributed by atoms with Crippen LogP contribution in [-0.4, -0.2) is 70.9 Å². The highest BCUT2D eigenvalue weighted by Gasteiger charge is 2.32. The van der Waals surface area contributed by atoms with Gasteiger partial charge in [0.05, 0.1) is 13.7 Å². The number of carbonyl (C=O) groups is 3. The van der Waals surface area contributed by atoms with Crippen LogP contribution < -0.4 is 10.1 Å². The van der Waals surface area contributed by atoms with Crippen molar-refractivity contribution in [2.45, 2.75) is 6.42 Å². The fraction of sp³-hybridized carbons (Fsp3) is 0.250. The van der Waals surface area contributed by atoms with Crippen LogP contribution in [0.1, 0.15) is 12.1 Å². The van der Waals surface area contributed by atoms with Gasteiger partial charge in [0.1, 0.15) is 23.8 Å². The molecule has 0 unspecified atom stereocenters. The van der Waals surface area contributed by atoms with Gasteiger partial charge in [-0.2, -0.15) is 0 Å². The first-order valence-electron chi connectivity index (χ1n) is 10.8. The number of halogens is 1. The number of amides is 4. The third-order valence-electron chi connectivity index (χ3n) is 6.12. The van der Waals surface area contributed by atoms with Gasteiger partial charge in [0, 0.05) is 35.9 Å². The van der Waals surface area contributed by atoms with Crippen molar-refractivity contribution in [3.63, 3.8) is 0 Å². The molecule has 2 N–H and O–H groups in total. The Bertz CT molecular complexity index is 1330. The molecule has 10 heteroatoms. The monoisotopic (exact) mass is 463 g/mol. The number of nitrogens with zero attached hydrogens (tertiary/aromatic N) is 3. The lowest BCUT2D eigenvalue weighted by atomic mass is 10.0. The summed E-state index contributed by atoms with van der Waals surface area (Å²) >= 11 is 0. The number of nitrogens with one attached hydrogen (secondary N) is 2. The minimum absolute atomic E-state index is 0.0753. The maximum Gasteiger partial charge on any atom is 0.325 e. The number of pyridine rings is 1. The topological polar surface area (TPSA) is 108 Å². The number of hydrogen-bond donors (Lipinski definition) is 2. The number of H-pyrrole nitrogens is 1. The van der Waals surface area contributed by atoms with E-state index in [0.29, 0.717) is 36.5 Å². The summed E-state index contributed by atoms with van der Waals surface area (Å²) in [7, 11) is 1.55. The Morgan fingerprint density at radius 1 is 1.21 bits per heavy atom. The van der Waals surface area contributed by atoms with E-state index in [0.717, 1.165) is 27.1 Å². The lowest BCUT2D eigenvalue weighted by Gasteiger charge is -2.27. The van der Waals surface area contributed by atoms with Crippen LogP contribution in [0.15, 0.2) is 42.6 Å². The van der Waals surface area contributed by atoms with Crippen LogP contribution in [-0.2, 0) is 9.59 Å². The normalized spacial score (nSPS) is 16.1. The summed E-state index contributed by atoms with van der Waals surface area (Å²) in [5.74, 6) is -0.473. The van der Waals surface area contributed by atoms with E-state index in [4.69, 9.17) is 4.74 Å². The van der Waals surface area contributed by atoms with Crippen LogP contribution in [0.25, 0.3) is 27.7 Å². The van der Waals surface area contributed by atoms with E-state index in [1.54, 1.807) is 24.3 Å². The van der Waals surface area contributed by atoms with E-state index in [1.807, 2.05) is 18.2 Å². The van der Waals surface area contributed by atoms with E-state index < -0.39 is 11.9 Å². The Labute approximate surface area is 194 Å². The SMILES string of the molecule is COc1ccc(F)cc1-c1ccnc2[nH]c(C3=CCN(C(=O)CN4C(=O)CNC4=O)CC3)cc12. The number of fused-ring (bicyclic) bond motifs is 1. The second-order valence-corrected chi connectivity index (χ2v) is 8.11. The van der Waals surface area contributed by atoms with Crippen LogP contribution in [0.5, 0.6) is 5.75 Å². The summed E-state index contributed by atoms with van der Waals surface area (Å²) in [5, 5.41) is 3.24. The number of carbonyl (C=O) groups excluding carboxylic acids is 3. The smallest absolute Gasteiger partial charge is 0.325 e. The quantitative estimate of drug-likeness (QED) is 0.566. The van der Waals surface area contributed by atoms with Crippen LogP contribution in [0.2, 0.25) is 0 Å². The lowest BCUT2D eigenvalue weighted by Crippen LogP contribution is -2.44. The zero-order chi connectivity index (χ0) is 23.8. The fourth-order valence-electron chi connectivity index (χ4n) is 4.32. The Morgan fingerprint density at radius 2 is 2.06 bits per heavy atom. The van der Waals surface area contributed by atoms with E-state index in [2.05, 4.69) is 15.3 Å². The molecule has 9 nitrogen and oxygen atoms in total. The average molecular weight is 463 g/mol. The molecule has 5 rings (SSSR count). The van der Waals surface area contributed by atoms with Gasteiger partial charge in [-0.25, -0.2) is 14.2 Å². The molecule has 4 heterocycles. The highest BCUT2D eigenvalue weighted by atomic mass is 19.1. The molecular weight excluding hydrogens is 441 g/mol. The average Bonchev–Trinajstić information content (AvgIpc) is 3.42. The second kappa shape index (κ2) is 8.62. The summed E-state index contributed by atoms with van der Waals surface area (Å²) in [6, 6.07) is 7.65. The number of hydrogen-bond acceptors (Lipinski definition) is 5. The van der Waals surface area contributed by atoms with Crippen molar-refractivity contribution >= 4 is 34.5 Å². The molecule has 3 aromatic rings. The van der Waals surface area contributed by atoms with E-state index in [-0.39, 0.29) is 24.8 Å². The lowest BCUT2D eigenvalue weighted by molar-refractivity contribution is -0.136. The number of urea groups is 1. The van der Waals surface area contributed by atoms with Crippen molar-refractivity contribution in [3.05, 3.63) is 54.1 Å². The first-order chi connectivity index (χ1) is 16.4.